The zero-order valence-electron chi connectivity index (χ0n) is 9.95. The third-order valence-electron chi connectivity index (χ3n) is 2.92. The molecule has 0 saturated heterocycles. The summed E-state index contributed by atoms with van der Waals surface area (Å²) in [4.78, 5) is 0. The van der Waals surface area contributed by atoms with Crippen LogP contribution in [0.2, 0.25) is 5.02 Å². The van der Waals surface area contributed by atoms with Gasteiger partial charge in [0.15, 0.2) is 0 Å². The molecule has 0 aliphatic rings. The standard InChI is InChI=1S/C14H14ClIN2/c1-9-5-4-7-11(13(9)16)14(18-17)10-6-2-3-8-12(10)15/h2-8,14,18H,17H2,1H3. The van der Waals surface area contributed by atoms with E-state index in [0.717, 1.165) is 16.1 Å². The van der Waals surface area contributed by atoms with Crippen LogP contribution in [0.25, 0.3) is 0 Å². The van der Waals surface area contributed by atoms with E-state index in [4.69, 9.17) is 17.4 Å². The van der Waals surface area contributed by atoms with Crippen LogP contribution in [0.1, 0.15) is 22.7 Å². The average molecular weight is 373 g/mol. The molecule has 94 valence electrons. The van der Waals surface area contributed by atoms with Crippen molar-refractivity contribution >= 4 is 34.2 Å². The highest BCUT2D eigenvalue weighted by atomic mass is 127. The number of rotatable bonds is 3. The van der Waals surface area contributed by atoms with Crippen LogP contribution in [0.4, 0.5) is 0 Å². The van der Waals surface area contributed by atoms with Crippen LogP contribution in [-0.4, -0.2) is 0 Å². The molecule has 1 unspecified atom stereocenters. The molecule has 0 radical (unpaired) electrons. The van der Waals surface area contributed by atoms with Crippen molar-refractivity contribution in [3.05, 3.63) is 67.7 Å². The fourth-order valence-corrected chi connectivity index (χ4v) is 2.87. The minimum Gasteiger partial charge on any atom is -0.271 e. The molecule has 3 N–H and O–H groups in total. The van der Waals surface area contributed by atoms with Crippen LogP contribution >= 0.6 is 34.2 Å². The average Bonchev–Trinajstić information content (AvgIpc) is 2.37. The summed E-state index contributed by atoms with van der Waals surface area (Å²) in [5.41, 5.74) is 6.23. The summed E-state index contributed by atoms with van der Waals surface area (Å²) in [5, 5.41) is 0.720. The zero-order chi connectivity index (χ0) is 13.1. The molecule has 0 aromatic heterocycles. The highest BCUT2D eigenvalue weighted by Gasteiger charge is 2.18. The number of nitrogens with one attached hydrogen (secondary N) is 1. The second kappa shape index (κ2) is 6.02. The summed E-state index contributed by atoms with van der Waals surface area (Å²) in [6.45, 7) is 2.09. The predicted octanol–water partition coefficient (Wildman–Crippen LogP) is 3.81. The first kappa shape index (κ1) is 13.8. The van der Waals surface area contributed by atoms with Gasteiger partial charge in [-0.2, -0.15) is 0 Å². The Morgan fingerprint density at radius 1 is 1.11 bits per heavy atom. The minimum absolute atomic E-state index is 0.0921. The molecule has 2 aromatic rings. The van der Waals surface area contributed by atoms with E-state index < -0.39 is 0 Å². The van der Waals surface area contributed by atoms with E-state index in [2.05, 4.69) is 47.1 Å². The number of hydrogen-bond donors (Lipinski definition) is 2. The van der Waals surface area contributed by atoms with Gasteiger partial charge >= 0.3 is 0 Å². The molecule has 1 atom stereocenters. The van der Waals surface area contributed by atoms with Crippen LogP contribution in [0.5, 0.6) is 0 Å². The van der Waals surface area contributed by atoms with Crippen molar-refractivity contribution in [2.24, 2.45) is 5.84 Å². The van der Waals surface area contributed by atoms with Crippen LogP contribution < -0.4 is 11.3 Å². The Morgan fingerprint density at radius 3 is 2.44 bits per heavy atom. The van der Waals surface area contributed by atoms with Crippen LogP contribution in [-0.2, 0) is 0 Å². The molecule has 2 nitrogen and oxygen atoms in total. The Balaban J connectivity index is 2.53. The molecule has 0 amide bonds. The van der Waals surface area contributed by atoms with E-state index in [1.807, 2.05) is 30.3 Å². The first-order valence-electron chi connectivity index (χ1n) is 5.60. The van der Waals surface area contributed by atoms with Crippen molar-refractivity contribution < 1.29 is 0 Å². The van der Waals surface area contributed by atoms with Gasteiger partial charge < -0.3 is 0 Å². The van der Waals surface area contributed by atoms with E-state index in [0.29, 0.717) is 0 Å². The Bertz CT molecular complexity index is 557. The molecule has 0 aliphatic heterocycles. The van der Waals surface area contributed by atoms with Gasteiger partial charge in [-0.25, -0.2) is 5.43 Å². The molecule has 0 aliphatic carbocycles. The smallest absolute Gasteiger partial charge is 0.0734 e. The fraction of sp³-hybridized carbons (Fsp3) is 0.143. The molecule has 2 aromatic carbocycles. The number of nitrogens with two attached hydrogens (primary N) is 1. The molecular weight excluding hydrogens is 359 g/mol. The lowest BCUT2D eigenvalue weighted by atomic mass is 9.98. The second-order valence-electron chi connectivity index (χ2n) is 4.10. The van der Waals surface area contributed by atoms with Gasteiger partial charge in [-0.3, -0.25) is 5.84 Å². The van der Waals surface area contributed by atoms with E-state index >= 15 is 0 Å². The lowest BCUT2D eigenvalue weighted by Gasteiger charge is -2.20. The Kier molecular flexibility index (Phi) is 4.61. The highest BCUT2D eigenvalue weighted by molar-refractivity contribution is 14.1. The maximum Gasteiger partial charge on any atom is 0.0734 e. The topological polar surface area (TPSA) is 38.0 Å². The van der Waals surface area contributed by atoms with E-state index in [1.54, 1.807) is 0 Å². The summed E-state index contributed by atoms with van der Waals surface area (Å²) in [6.07, 6.45) is 0. The lowest BCUT2D eigenvalue weighted by Crippen LogP contribution is -2.29. The quantitative estimate of drug-likeness (QED) is 0.488. The van der Waals surface area contributed by atoms with Gasteiger partial charge in [0.05, 0.1) is 6.04 Å². The van der Waals surface area contributed by atoms with Crippen molar-refractivity contribution in [1.29, 1.82) is 0 Å². The fourth-order valence-electron chi connectivity index (χ4n) is 1.95. The Morgan fingerprint density at radius 2 is 1.78 bits per heavy atom. The monoisotopic (exact) mass is 372 g/mol. The summed E-state index contributed by atoms with van der Waals surface area (Å²) < 4.78 is 1.21. The number of hydrogen-bond acceptors (Lipinski definition) is 2. The van der Waals surface area contributed by atoms with Gasteiger partial charge in [0.1, 0.15) is 0 Å². The van der Waals surface area contributed by atoms with E-state index in [-0.39, 0.29) is 6.04 Å². The summed E-state index contributed by atoms with van der Waals surface area (Å²) >= 11 is 8.59. The van der Waals surface area contributed by atoms with Crippen LogP contribution in [0.3, 0.4) is 0 Å². The van der Waals surface area contributed by atoms with Crippen LogP contribution in [0, 0.1) is 10.5 Å². The van der Waals surface area contributed by atoms with E-state index in [1.165, 1.54) is 9.13 Å². The summed E-state index contributed by atoms with van der Waals surface area (Å²) in [6, 6.07) is 13.9. The van der Waals surface area contributed by atoms with Crippen LogP contribution in [0.15, 0.2) is 42.5 Å². The largest absolute Gasteiger partial charge is 0.271 e. The molecule has 4 heteroatoms. The van der Waals surface area contributed by atoms with Gasteiger partial charge in [0, 0.05) is 8.59 Å². The highest BCUT2D eigenvalue weighted by Crippen LogP contribution is 2.31. The van der Waals surface area contributed by atoms with E-state index in [9.17, 15) is 0 Å². The summed E-state index contributed by atoms with van der Waals surface area (Å²) in [7, 11) is 0. The zero-order valence-corrected chi connectivity index (χ0v) is 12.9. The normalized spacial score (nSPS) is 12.4. The molecular formula is C14H14ClIN2. The molecule has 0 saturated carbocycles. The molecule has 0 fully saturated rings. The lowest BCUT2D eigenvalue weighted by molar-refractivity contribution is 0.634. The third kappa shape index (κ3) is 2.69. The maximum atomic E-state index is 6.24. The van der Waals surface area contributed by atoms with Gasteiger partial charge in [0.2, 0.25) is 0 Å². The van der Waals surface area contributed by atoms with Gasteiger partial charge in [0.25, 0.3) is 0 Å². The van der Waals surface area contributed by atoms with Gasteiger partial charge in [-0.05, 0) is 52.3 Å². The second-order valence-corrected chi connectivity index (χ2v) is 5.59. The van der Waals surface area contributed by atoms with Crippen molar-refractivity contribution in [3.8, 4) is 0 Å². The van der Waals surface area contributed by atoms with Gasteiger partial charge in [-0.15, -0.1) is 0 Å². The number of benzene rings is 2. The first-order chi connectivity index (χ1) is 8.65. The molecule has 2 rings (SSSR count). The molecule has 18 heavy (non-hydrogen) atoms. The van der Waals surface area contributed by atoms with Crippen molar-refractivity contribution in [2.75, 3.05) is 0 Å². The number of halogens is 2. The molecule has 0 heterocycles. The third-order valence-corrected chi connectivity index (χ3v) is 4.73. The minimum atomic E-state index is -0.0921. The van der Waals surface area contributed by atoms with Crippen molar-refractivity contribution in [1.82, 2.24) is 5.43 Å². The van der Waals surface area contributed by atoms with Crippen molar-refractivity contribution in [2.45, 2.75) is 13.0 Å². The Labute approximate surface area is 126 Å². The maximum absolute atomic E-state index is 6.24. The number of hydrazine groups is 1. The Hall–Kier alpha value is -0.620. The van der Waals surface area contributed by atoms with Gasteiger partial charge in [-0.1, -0.05) is 48.0 Å². The molecule has 0 bridgehead atoms. The SMILES string of the molecule is Cc1cccc(C(NN)c2ccccc2Cl)c1I. The van der Waals surface area contributed by atoms with Crippen molar-refractivity contribution in [3.63, 3.8) is 0 Å². The predicted molar refractivity (Wildman–Crippen MR) is 84.5 cm³/mol. The molecule has 0 spiro atoms. The first-order valence-corrected chi connectivity index (χ1v) is 7.06. The number of aryl methyl sites for hydroxylation is 1. The summed E-state index contributed by atoms with van der Waals surface area (Å²) in [5.74, 6) is 5.71.